The highest BCUT2D eigenvalue weighted by Crippen LogP contribution is 2.71. The van der Waals surface area contributed by atoms with Crippen molar-refractivity contribution < 1.29 is 57.5 Å². The molecule has 0 aromatic rings. The van der Waals surface area contributed by atoms with Crippen molar-refractivity contribution in [2.24, 2.45) is 22.7 Å². The van der Waals surface area contributed by atoms with Gasteiger partial charge in [-0.15, -0.1) is 10.1 Å². The minimum Gasteiger partial charge on any atom is -0.432 e. The number of alkyl halides is 1. The molecule has 1 aliphatic heterocycles. The molecule has 1 unspecified atom stereocenters. The summed E-state index contributed by atoms with van der Waals surface area (Å²) in [6, 6.07) is 0. The van der Waals surface area contributed by atoms with E-state index in [0.29, 0.717) is 12.0 Å². The lowest BCUT2D eigenvalue weighted by molar-refractivity contribution is -0.758. The normalized spacial score (nSPS) is 40.4. The third-order valence-corrected chi connectivity index (χ3v) is 10.2. The van der Waals surface area contributed by atoms with Gasteiger partial charge in [0.05, 0.1) is 25.4 Å². The monoisotopic (exact) mass is 611 g/mol. The molecule has 1 N–H and O–H groups in total. The molecule has 2 saturated carbocycles. The van der Waals surface area contributed by atoms with Crippen LogP contribution in [0.25, 0.3) is 0 Å². The molecule has 5 rings (SSSR count). The minimum atomic E-state index is -2.09. The first-order chi connectivity index (χ1) is 20.1. The predicted octanol–water partition coefficient (Wildman–Crippen LogP) is 2.80. The smallest absolute Gasteiger partial charge is 0.432 e. The van der Waals surface area contributed by atoms with Crippen molar-refractivity contribution in [1.29, 1.82) is 0 Å². The fraction of sp³-hybridized carbons (Fsp3) is 0.759. The number of carbonyl (C=O) groups is 3. The van der Waals surface area contributed by atoms with Gasteiger partial charge < -0.3 is 33.6 Å². The SMILES string of the molecule is CC1(C)O[C@@H]2C[C@H]3C4CC=C5CC(=O)C=C[C@]5(C)[C@@]4(F)[C@@H](O)C[C@]3(C)[C@]2(C(=O)COC(=O)OCCOCCO[N+](=O)[O-])O1. The van der Waals surface area contributed by atoms with E-state index in [0.717, 1.165) is 0 Å². The molecule has 1 saturated heterocycles. The molecule has 0 bridgehead atoms. The molecule has 4 aliphatic carbocycles. The van der Waals surface area contributed by atoms with Gasteiger partial charge in [0.2, 0.25) is 5.78 Å². The van der Waals surface area contributed by atoms with Gasteiger partial charge in [0.1, 0.15) is 13.2 Å². The highest BCUT2D eigenvalue weighted by atomic mass is 19.1. The van der Waals surface area contributed by atoms with Crippen molar-refractivity contribution >= 4 is 17.7 Å². The van der Waals surface area contributed by atoms with Gasteiger partial charge in [-0.3, -0.25) is 9.59 Å². The molecule has 0 amide bonds. The van der Waals surface area contributed by atoms with Crippen LogP contribution in [0.1, 0.15) is 53.4 Å². The van der Waals surface area contributed by atoms with Crippen LogP contribution < -0.4 is 0 Å². The Kier molecular flexibility index (Phi) is 7.98. The molecule has 43 heavy (non-hydrogen) atoms. The third kappa shape index (κ3) is 4.86. The number of Topliss-reactive ketones (excluding diaryl/α,β-unsaturated/α-hetero) is 1. The molecule has 3 fully saturated rings. The summed E-state index contributed by atoms with van der Waals surface area (Å²) in [7, 11) is 0. The van der Waals surface area contributed by atoms with Crippen molar-refractivity contribution in [3.05, 3.63) is 33.9 Å². The topological polar surface area (TPSA) is 170 Å². The second-order valence-electron chi connectivity index (χ2n) is 12.8. The zero-order valence-corrected chi connectivity index (χ0v) is 24.7. The molecule has 0 aromatic heterocycles. The average Bonchev–Trinajstić information content (AvgIpc) is 3.33. The van der Waals surface area contributed by atoms with Gasteiger partial charge in [-0.25, -0.2) is 9.18 Å². The Morgan fingerprint density at radius 3 is 2.58 bits per heavy atom. The maximum Gasteiger partial charge on any atom is 0.508 e. The minimum absolute atomic E-state index is 0.0797. The van der Waals surface area contributed by atoms with E-state index < -0.39 is 75.6 Å². The van der Waals surface area contributed by atoms with Crippen molar-refractivity contribution in [2.75, 3.05) is 33.0 Å². The molecule has 0 radical (unpaired) electrons. The Bertz CT molecular complexity index is 1250. The molecule has 0 spiro atoms. The van der Waals surface area contributed by atoms with Crippen LogP contribution in [0.4, 0.5) is 9.18 Å². The summed E-state index contributed by atoms with van der Waals surface area (Å²) in [5, 5.41) is 20.8. The summed E-state index contributed by atoms with van der Waals surface area (Å²) >= 11 is 0. The van der Waals surface area contributed by atoms with Crippen LogP contribution in [0.15, 0.2) is 23.8 Å². The van der Waals surface area contributed by atoms with Crippen molar-refractivity contribution in [3.63, 3.8) is 0 Å². The Labute approximate surface area is 247 Å². The lowest BCUT2D eigenvalue weighted by atomic mass is 9.45. The standard InChI is InChI=1S/C29H38FNO12/c1-25(2)42-23-14-20-19-6-5-17-13-18(32)7-8-26(17,3)28(19,30)21(33)15-27(20,4)29(23,43-25)22(34)16-40-24(35)39-11-9-38-10-12-41-31(36)37/h5,7-8,19-21,23,33H,6,9-16H2,1-4H3/t19?,20-,21-,23+,26-,27-,28-,29+/m0/s1. The number of hydrogen-bond donors (Lipinski definition) is 1. The molecule has 238 valence electrons. The number of ether oxygens (including phenoxy) is 5. The quantitative estimate of drug-likeness (QED) is 0.126. The fourth-order valence-corrected chi connectivity index (χ4v) is 8.45. The van der Waals surface area contributed by atoms with Crippen molar-refractivity contribution in [3.8, 4) is 0 Å². The zero-order chi connectivity index (χ0) is 31.4. The molecule has 13 nitrogen and oxygen atoms in total. The lowest BCUT2D eigenvalue weighted by Gasteiger charge is -2.62. The second kappa shape index (κ2) is 10.9. The lowest BCUT2D eigenvalue weighted by Crippen LogP contribution is -2.69. The van der Waals surface area contributed by atoms with Gasteiger partial charge in [0.25, 0.3) is 5.09 Å². The van der Waals surface area contributed by atoms with Gasteiger partial charge in [-0.1, -0.05) is 24.6 Å². The van der Waals surface area contributed by atoms with Crippen LogP contribution in [0.3, 0.4) is 0 Å². The van der Waals surface area contributed by atoms with E-state index in [4.69, 9.17) is 23.7 Å². The largest absolute Gasteiger partial charge is 0.508 e. The molecule has 5 aliphatic rings. The molecular formula is C29H38FNO12. The number of allylic oxidation sites excluding steroid dienone is 4. The number of aliphatic hydroxyl groups is 1. The number of hydrogen-bond acceptors (Lipinski definition) is 12. The maximum absolute atomic E-state index is 17.5. The number of rotatable bonds is 10. The van der Waals surface area contributed by atoms with E-state index in [2.05, 4.69) is 4.84 Å². The molecule has 0 aromatic carbocycles. The van der Waals surface area contributed by atoms with Crippen LogP contribution in [0.2, 0.25) is 0 Å². The van der Waals surface area contributed by atoms with E-state index in [-0.39, 0.29) is 51.5 Å². The Morgan fingerprint density at radius 2 is 1.86 bits per heavy atom. The van der Waals surface area contributed by atoms with E-state index in [9.17, 15) is 29.6 Å². The van der Waals surface area contributed by atoms with Gasteiger partial charge in [0, 0.05) is 23.2 Å². The highest BCUT2D eigenvalue weighted by molar-refractivity contribution is 5.94. The summed E-state index contributed by atoms with van der Waals surface area (Å²) in [4.78, 5) is 52.6. The number of ketones is 2. The van der Waals surface area contributed by atoms with Gasteiger partial charge >= 0.3 is 6.16 Å². The average molecular weight is 612 g/mol. The number of fused-ring (bicyclic) bond motifs is 7. The van der Waals surface area contributed by atoms with Crippen molar-refractivity contribution in [2.45, 2.75) is 82.6 Å². The summed E-state index contributed by atoms with van der Waals surface area (Å²) in [5.41, 5.74) is -5.33. The Hall–Kier alpha value is -2.94. The first kappa shape index (κ1) is 31.5. The fourth-order valence-electron chi connectivity index (χ4n) is 8.45. The highest BCUT2D eigenvalue weighted by Gasteiger charge is 2.80. The van der Waals surface area contributed by atoms with E-state index in [1.54, 1.807) is 26.8 Å². The third-order valence-electron chi connectivity index (χ3n) is 10.2. The molecule has 8 atom stereocenters. The molecule has 1 heterocycles. The van der Waals surface area contributed by atoms with Gasteiger partial charge in [-0.2, -0.15) is 0 Å². The van der Waals surface area contributed by atoms with Crippen LogP contribution in [-0.4, -0.2) is 90.2 Å². The van der Waals surface area contributed by atoms with E-state index in [1.165, 1.54) is 6.08 Å². The number of nitrogens with zero attached hydrogens (tertiary/aromatic N) is 1. The van der Waals surface area contributed by atoms with Crippen LogP contribution in [0, 0.1) is 32.8 Å². The predicted molar refractivity (Wildman–Crippen MR) is 143 cm³/mol. The molecule has 14 heteroatoms. The van der Waals surface area contributed by atoms with E-state index in [1.807, 2.05) is 13.0 Å². The summed E-state index contributed by atoms with van der Waals surface area (Å²) in [5.74, 6) is -3.00. The second-order valence-corrected chi connectivity index (χ2v) is 12.8. The zero-order valence-electron chi connectivity index (χ0n) is 24.7. The summed E-state index contributed by atoms with van der Waals surface area (Å²) in [6.07, 6.45) is 2.01. The van der Waals surface area contributed by atoms with Gasteiger partial charge in [-0.05, 0) is 52.0 Å². The Morgan fingerprint density at radius 1 is 1.14 bits per heavy atom. The number of aliphatic hydroxyl groups excluding tert-OH is 1. The van der Waals surface area contributed by atoms with Gasteiger partial charge in [0.15, 0.2) is 29.4 Å². The van der Waals surface area contributed by atoms with Crippen LogP contribution in [-0.2, 0) is 38.1 Å². The number of halogens is 1. The Balaban J connectivity index is 1.32. The van der Waals surface area contributed by atoms with Crippen molar-refractivity contribution in [1.82, 2.24) is 0 Å². The molecular weight excluding hydrogens is 573 g/mol. The first-order valence-corrected chi connectivity index (χ1v) is 14.4. The first-order valence-electron chi connectivity index (χ1n) is 14.4. The van der Waals surface area contributed by atoms with Crippen LogP contribution in [0.5, 0.6) is 0 Å². The summed E-state index contributed by atoms with van der Waals surface area (Å²) in [6.45, 7) is 5.49. The maximum atomic E-state index is 17.5. The number of carbonyl (C=O) groups excluding carboxylic acids is 3. The summed E-state index contributed by atoms with van der Waals surface area (Å²) < 4.78 is 45.2. The van der Waals surface area contributed by atoms with Crippen LogP contribution >= 0.6 is 0 Å². The van der Waals surface area contributed by atoms with E-state index >= 15 is 4.39 Å².